The summed E-state index contributed by atoms with van der Waals surface area (Å²) in [7, 11) is 4.15. The number of rotatable bonds is 6. The molecule has 96 valence electrons. The average molecular weight is 257 g/mol. The highest BCUT2D eigenvalue weighted by atomic mass is 35.5. The lowest BCUT2D eigenvalue weighted by Crippen LogP contribution is -2.39. The van der Waals surface area contributed by atoms with E-state index in [0.29, 0.717) is 11.2 Å². The van der Waals surface area contributed by atoms with E-state index in [1.165, 1.54) is 12.8 Å². The molecule has 0 spiro atoms. The van der Waals surface area contributed by atoms with Crippen LogP contribution in [0.1, 0.15) is 25.6 Å². The molecule has 1 aromatic rings. The van der Waals surface area contributed by atoms with Crippen LogP contribution in [0, 0.1) is 0 Å². The first-order chi connectivity index (χ1) is 8.09. The van der Waals surface area contributed by atoms with E-state index in [1.54, 1.807) is 6.20 Å². The van der Waals surface area contributed by atoms with Crippen molar-refractivity contribution in [1.82, 2.24) is 19.8 Å². The zero-order valence-electron chi connectivity index (χ0n) is 10.8. The second-order valence-electron chi connectivity index (χ2n) is 4.93. The molecule has 5 heteroatoms. The zero-order valence-corrected chi connectivity index (χ0v) is 11.5. The number of nitrogens with one attached hydrogen (secondary N) is 1. The van der Waals surface area contributed by atoms with Crippen LogP contribution in [-0.4, -0.2) is 40.1 Å². The average Bonchev–Trinajstić information content (AvgIpc) is 3.10. The largest absolute Gasteiger partial charge is 0.321 e. The van der Waals surface area contributed by atoms with Gasteiger partial charge in [0.1, 0.15) is 11.0 Å². The molecule has 1 N–H and O–H groups in total. The number of nitrogens with zero attached hydrogens (tertiary/aromatic N) is 3. The minimum absolute atomic E-state index is 0.568. The van der Waals surface area contributed by atoms with Crippen molar-refractivity contribution in [3.63, 3.8) is 0 Å². The number of aromatic nitrogens is 2. The standard InChI is InChI=1S/C12H21ClN4/c1-9(16(2)10-4-5-10)6-14-8-12-15-7-11(13)17(12)3/h7,9-10,14H,4-6,8H2,1-3H3. The maximum Gasteiger partial charge on any atom is 0.128 e. The summed E-state index contributed by atoms with van der Waals surface area (Å²) in [6.07, 6.45) is 4.41. The van der Waals surface area contributed by atoms with Crippen LogP contribution in [0.4, 0.5) is 0 Å². The number of hydrogen-bond donors (Lipinski definition) is 1. The Balaban J connectivity index is 1.73. The Morgan fingerprint density at radius 3 is 2.88 bits per heavy atom. The molecule has 1 aromatic heterocycles. The highest BCUT2D eigenvalue weighted by Crippen LogP contribution is 2.26. The van der Waals surface area contributed by atoms with Crippen LogP contribution >= 0.6 is 11.6 Å². The molecule has 1 atom stereocenters. The Hall–Kier alpha value is -0.580. The monoisotopic (exact) mass is 256 g/mol. The first kappa shape index (κ1) is 12.9. The minimum Gasteiger partial charge on any atom is -0.321 e. The third kappa shape index (κ3) is 3.21. The van der Waals surface area contributed by atoms with Gasteiger partial charge in [-0.2, -0.15) is 0 Å². The predicted molar refractivity (Wildman–Crippen MR) is 70.2 cm³/mol. The van der Waals surface area contributed by atoms with Gasteiger partial charge >= 0.3 is 0 Å². The maximum absolute atomic E-state index is 5.94. The van der Waals surface area contributed by atoms with E-state index >= 15 is 0 Å². The summed E-state index contributed by atoms with van der Waals surface area (Å²) in [5, 5.41) is 4.12. The second-order valence-corrected chi connectivity index (χ2v) is 5.32. The van der Waals surface area contributed by atoms with E-state index in [1.807, 2.05) is 11.6 Å². The fraction of sp³-hybridized carbons (Fsp3) is 0.750. The molecule has 4 nitrogen and oxygen atoms in total. The van der Waals surface area contributed by atoms with Crippen LogP contribution < -0.4 is 5.32 Å². The van der Waals surface area contributed by atoms with E-state index in [9.17, 15) is 0 Å². The van der Waals surface area contributed by atoms with Gasteiger partial charge in [0.25, 0.3) is 0 Å². The van der Waals surface area contributed by atoms with Crippen molar-refractivity contribution in [2.45, 2.75) is 38.4 Å². The quantitative estimate of drug-likeness (QED) is 0.840. The van der Waals surface area contributed by atoms with Gasteiger partial charge in [-0.05, 0) is 26.8 Å². The third-order valence-corrected chi connectivity index (χ3v) is 3.92. The number of halogens is 1. The highest BCUT2D eigenvalue weighted by molar-refractivity contribution is 6.29. The molecule has 1 aliphatic rings. The van der Waals surface area contributed by atoms with Crippen LogP contribution in [-0.2, 0) is 13.6 Å². The van der Waals surface area contributed by atoms with Crippen molar-refractivity contribution >= 4 is 11.6 Å². The van der Waals surface area contributed by atoms with Gasteiger partial charge in [-0.3, -0.25) is 4.90 Å². The summed E-state index contributed by atoms with van der Waals surface area (Å²) in [5.41, 5.74) is 0. The summed E-state index contributed by atoms with van der Waals surface area (Å²) in [6, 6.07) is 1.38. The van der Waals surface area contributed by atoms with Crippen molar-refractivity contribution in [3.05, 3.63) is 17.2 Å². The van der Waals surface area contributed by atoms with Crippen molar-refractivity contribution in [3.8, 4) is 0 Å². The number of imidazole rings is 1. The Morgan fingerprint density at radius 2 is 2.35 bits per heavy atom. The molecular weight excluding hydrogens is 236 g/mol. The highest BCUT2D eigenvalue weighted by Gasteiger charge is 2.28. The Labute approximate surface area is 108 Å². The van der Waals surface area contributed by atoms with Crippen LogP contribution in [0.25, 0.3) is 0 Å². The predicted octanol–water partition coefficient (Wildman–Crippen LogP) is 1.65. The minimum atomic E-state index is 0.568. The van der Waals surface area contributed by atoms with Gasteiger partial charge in [0.05, 0.1) is 12.7 Å². The molecule has 0 radical (unpaired) electrons. The summed E-state index contributed by atoms with van der Waals surface area (Å²) in [5.74, 6) is 0.983. The lowest BCUT2D eigenvalue weighted by atomic mass is 10.3. The van der Waals surface area contributed by atoms with Crippen molar-refractivity contribution in [1.29, 1.82) is 0 Å². The molecule has 1 unspecified atom stereocenters. The molecule has 1 saturated carbocycles. The summed E-state index contributed by atoms with van der Waals surface area (Å²) in [4.78, 5) is 6.72. The normalized spacial score (nSPS) is 17.7. The van der Waals surface area contributed by atoms with Crippen molar-refractivity contribution < 1.29 is 0 Å². The van der Waals surface area contributed by atoms with Gasteiger partial charge in [-0.25, -0.2) is 4.98 Å². The van der Waals surface area contributed by atoms with Crippen molar-refractivity contribution in [2.24, 2.45) is 7.05 Å². The lowest BCUT2D eigenvalue weighted by Gasteiger charge is -2.24. The fourth-order valence-electron chi connectivity index (χ4n) is 1.97. The first-order valence-electron chi connectivity index (χ1n) is 6.18. The lowest BCUT2D eigenvalue weighted by molar-refractivity contribution is 0.240. The zero-order chi connectivity index (χ0) is 12.4. The summed E-state index contributed by atoms with van der Waals surface area (Å²) < 4.78 is 1.91. The molecule has 1 aliphatic carbocycles. The molecular formula is C12H21ClN4. The SMILES string of the molecule is CC(CNCc1ncc(Cl)n1C)N(C)C1CC1. The van der Waals surface area contributed by atoms with Gasteiger partial charge < -0.3 is 9.88 Å². The van der Waals surface area contributed by atoms with Crippen LogP contribution in [0.5, 0.6) is 0 Å². The number of likely N-dealkylation sites (N-methyl/N-ethyl adjacent to an activating group) is 1. The van der Waals surface area contributed by atoms with Crippen LogP contribution in [0.3, 0.4) is 0 Å². The third-order valence-electron chi connectivity index (χ3n) is 3.57. The number of hydrogen-bond acceptors (Lipinski definition) is 3. The van der Waals surface area contributed by atoms with E-state index < -0.39 is 0 Å². The van der Waals surface area contributed by atoms with Gasteiger partial charge in [-0.1, -0.05) is 11.6 Å². The van der Waals surface area contributed by atoms with E-state index in [0.717, 1.165) is 25.0 Å². The Morgan fingerprint density at radius 1 is 1.65 bits per heavy atom. The molecule has 2 rings (SSSR count). The maximum atomic E-state index is 5.94. The molecule has 1 heterocycles. The Kier molecular flexibility index (Phi) is 4.07. The molecule has 0 amide bonds. The summed E-state index contributed by atoms with van der Waals surface area (Å²) in [6.45, 7) is 4.01. The Bertz CT molecular complexity index is 373. The van der Waals surface area contributed by atoms with E-state index in [2.05, 4.69) is 29.2 Å². The van der Waals surface area contributed by atoms with Gasteiger partial charge in [0.2, 0.25) is 0 Å². The molecule has 0 bridgehead atoms. The smallest absolute Gasteiger partial charge is 0.128 e. The van der Waals surface area contributed by atoms with Gasteiger partial charge in [0, 0.05) is 25.7 Å². The molecule has 17 heavy (non-hydrogen) atoms. The van der Waals surface area contributed by atoms with Crippen LogP contribution in [0.2, 0.25) is 5.15 Å². The fourth-order valence-corrected chi connectivity index (χ4v) is 2.11. The first-order valence-corrected chi connectivity index (χ1v) is 6.56. The van der Waals surface area contributed by atoms with E-state index in [4.69, 9.17) is 11.6 Å². The van der Waals surface area contributed by atoms with E-state index in [-0.39, 0.29) is 0 Å². The van der Waals surface area contributed by atoms with Crippen LogP contribution in [0.15, 0.2) is 6.20 Å². The van der Waals surface area contributed by atoms with Gasteiger partial charge in [0.15, 0.2) is 0 Å². The topological polar surface area (TPSA) is 33.1 Å². The molecule has 0 aromatic carbocycles. The van der Waals surface area contributed by atoms with Gasteiger partial charge in [-0.15, -0.1) is 0 Å². The second kappa shape index (κ2) is 5.38. The van der Waals surface area contributed by atoms with Crippen molar-refractivity contribution in [2.75, 3.05) is 13.6 Å². The summed E-state index contributed by atoms with van der Waals surface area (Å²) >= 11 is 5.94. The molecule has 1 fully saturated rings. The molecule has 0 saturated heterocycles. The molecule has 0 aliphatic heterocycles.